The van der Waals surface area contributed by atoms with E-state index in [0.29, 0.717) is 31.9 Å². The van der Waals surface area contributed by atoms with Gasteiger partial charge in [-0.25, -0.2) is 18.6 Å². The molecule has 1 saturated heterocycles. The molecule has 6 nitrogen and oxygen atoms in total. The molecule has 2 aliphatic rings. The van der Waals surface area contributed by atoms with Crippen LogP contribution in [-0.4, -0.2) is 47.8 Å². The number of ether oxygens (including phenoxy) is 1. The zero-order chi connectivity index (χ0) is 22.9. The van der Waals surface area contributed by atoms with Crippen molar-refractivity contribution in [2.45, 2.75) is 6.92 Å². The second kappa shape index (κ2) is 8.54. The highest BCUT2D eigenvalue weighted by Gasteiger charge is 2.27. The second-order valence-corrected chi connectivity index (χ2v) is 8.04. The highest BCUT2D eigenvalue weighted by Crippen LogP contribution is 2.38. The number of aliphatic imine (C=N–C) groups is 1. The summed E-state index contributed by atoms with van der Waals surface area (Å²) in [6, 6.07) is 16.6. The Labute approximate surface area is 190 Å². The number of hydrogen-bond donors (Lipinski definition) is 1. The molecule has 2 heterocycles. The molecule has 0 radical (unpaired) electrons. The number of nitrogens with zero attached hydrogens (tertiary/aromatic N) is 3. The molecule has 0 spiro atoms. The zero-order valence-electron chi connectivity index (χ0n) is 18.0. The minimum absolute atomic E-state index is 0.215. The molecular formula is C25H22F2N4O2. The second-order valence-electron chi connectivity index (χ2n) is 8.04. The minimum atomic E-state index is -1.000. The van der Waals surface area contributed by atoms with Gasteiger partial charge in [-0.2, -0.15) is 0 Å². The van der Waals surface area contributed by atoms with E-state index in [-0.39, 0.29) is 11.7 Å². The monoisotopic (exact) mass is 448 g/mol. The Kier molecular flexibility index (Phi) is 5.42. The number of para-hydroxylation sites is 2. The number of fused-ring (bicyclic) bond motifs is 2. The average molecular weight is 448 g/mol. The summed E-state index contributed by atoms with van der Waals surface area (Å²) in [4.78, 5) is 21.4. The quantitative estimate of drug-likeness (QED) is 0.549. The molecule has 1 N–H and O–H groups in total. The van der Waals surface area contributed by atoms with Crippen LogP contribution in [-0.2, 0) is 0 Å². The van der Waals surface area contributed by atoms with E-state index < -0.39 is 11.6 Å². The van der Waals surface area contributed by atoms with E-state index in [1.807, 2.05) is 43.3 Å². The number of rotatable bonds is 1. The van der Waals surface area contributed by atoms with Crippen molar-refractivity contribution in [2.75, 3.05) is 31.5 Å². The van der Waals surface area contributed by atoms with Crippen LogP contribution in [0.5, 0.6) is 11.5 Å². The maximum atomic E-state index is 13.4. The van der Waals surface area contributed by atoms with Crippen LogP contribution in [0.4, 0.5) is 25.0 Å². The van der Waals surface area contributed by atoms with Crippen LogP contribution in [0.2, 0.25) is 0 Å². The molecule has 0 aromatic heterocycles. The van der Waals surface area contributed by atoms with E-state index in [1.165, 1.54) is 6.07 Å². The number of carbonyl (C=O) groups excluding carboxylic acids is 1. The Balaban J connectivity index is 1.35. The van der Waals surface area contributed by atoms with Crippen molar-refractivity contribution < 1.29 is 18.3 Å². The molecule has 0 unspecified atom stereocenters. The van der Waals surface area contributed by atoms with E-state index in [0.717, 1.165) is 40.5 Å². The number of carbonyl (C=O) groups is 1. The summed E-state index contributed by atoms with van der Waals surface area (Å²) in [7, 11) is 0. The number of anilines is 1. The first-order chi connectivity index (χ1) is 16.0. The van der Waals surface area contributed by atoms with Crippen molar-refractivity contribution in [2.24, 2.45) is 4.99 Å². The van der Waals surface area contributed by atoms with E-state index in [9.17, 15) is 13.6 Å². The van der Waals surface area contributed by atoms with Gasteiger partial charge in [0, 0.05) is 37.9 Å². The highest BCUT2D eigenvalue weighted by molar-refractivity contribution is 6.04. The smallest absolute Gasteiger partial charge is 0.321 e. The third-order valence-electron chi connectivity index (χ3n) is 5.72. The lowest BCUT2D eigenvalue weighted by atomic mass is 10.1. The van der Waals surface area contributed by atoms with Gasteiger partial charge >= 0.3 is 6.03 Å². The van der Waals surface area contributed by atoms with E-state index in [2.05, 4.69) is 16.3 Å². The van der Waals surface area contributed by atoms with Crippen molar-refractivity contribution in [1.82, 2.24) is 9.80 Å². The fraction of sp³-hybridized carbons (Fsp3) is 0.200. The largest absolute Gasteiger partial charge is 0.454 e. The fourth-order valence-corrected chi connectivity index (χ4v) is 3.97. The first-order valence-corrected chi connectivity index (χ1v) is 10.7. The maximum absolute atomic E-state index is 13.4. The number of benzene rings is 3. The number of amidine groups is 1. The van der Waals surface area contributed by atoms with Crippen LogP contribution in [0, 0.1) is 18.6 Å². The molecule has 0 aliphatic carbocycles. The Morgan fingerprint density at radius 2 is 1.73 bits per heavy atom. The zero-order valence-corrected chi connectivity index (χ0v) is 18.0. The predicted octanol–water partition coefficient (Wildman–Crippen LogP) is 5.31. The molecule has 5 rings (SSSR count). The van der Waals surface area contributed by atoms with Gasteiger partial charge < -0.3 is 19.9 Å². The number of urea groups is 1. The van der Waals surface area contributed by atoms with Crippen molar-refractivity contribution in [3.05, 3.63) is 83.4 Å². The summed E-state index contributed by atoms with van der Waals surface area (Å²) < 4.78 is 32.7. The number of nitrogens with one attached hydrogen (secondary N) is 1. The molecule has 0 bridgehead atoms. The number of amides is 2. The Morgan fingerprint density at radius 1 is 0.939 bits per heavy atom. The number of piperazine rings is 1. The third kappa shape index (κ3) is 4.24. The molecule has 2 aliphatic heterocycles. The third-order valence-corrected chi connectivity index (χ3v) is 5.72. The van der Waals surface area contributed by atoms with Crippen LogP contribution >= 0.6 is 0 Å². The van der Waals surface area contributed by atoms with Gasteiger partial charge in [0.05, 0.1) is 5.56 Å². The van der Waals surface area contributed by atoms with E-state index >= 15 is 0 Å². The minimum Gasteiger partial charge on any atom is -0.454 e. The molecule has 3 aromatic carbocycles. The Hall–Kier alpha value is -3.94. The highest BCUT2D eigenvalue weighted by atomic mass is 19.2. The number of aryl methyl sites for hydroxylation is 1. The van der Waals surface area contributed by atoms with Gasteiger partial charge in [0.2, 0.25) is 0 Å². The van der Waals surface area contributed by atoms with Gasteiger partial charge in [-0.05, 0) is 43.3 Å². The van der Waals surface area contributed by atoms with Gasteiger partial charge in [0.1, 0.15) is 17.3 Å². The average Bonchev–Trinajstić information content (AvgIpc) is 2.98. The molecule has 33 heavy (non-hydrogen) atoms. The summed E-state index contributed by atoms with van der Waals surface area (Å²) in [5.74, 6) is 0.289. The number of hydrogen-bond acceptors (Lipinski definition) is 4. The first-order valence-electron chi connectivity index (χ1n) is 10.7. The van der Waals surface area contributed by atoms with Crippen molar-refractivity contribution >= 4 is 23.2 Å². The molecule has 1 fully saturated rings. The maximum Gasteiger partial charge on any atom is 0.321 e. The normalized spacial score (nSPS) is 15.1. The van der Waals surface area contributed by atoms with Crippen LogP contribution < -0.4 is 10.1 Å². The summed E-state index contributed by atoms with van der Waals surface area (Å²) >= 11 is 0. The molecule has 2 amide bonds. The van der Waals surface area contributed by atoms with Gasteiger partial charge in [-0.3, -0.25) is 0 Å². The standard InChI is InChI=1S/C25H22F2N4O2/c1-16-6-9-22-18(14-16)24(29-21-4-2-3-5-23(21)33-22)30-10-12-31(13-11-30)25(32)28-17-7-8-19(26)20(27)15-17/h2-9,14-15H,10-13H2,1H3,(H,28,32). The summed E-state index contributed by atoms with van der Waals surface area (Å²) in [6.45, 7) is 4.08. The van der Waals surface area contributed by atoms with Gasteiger partial charge in [0.15, 0.2) is 17.4 Å². The van der Waals surface area contributed by atoms with E-state index in [1.54, 1.807) is 4.90 Å². The fourth-order valence-electron chi connectivity index (χ4n) is 3.97. The van der Waals surface area contributed by atoms with E-state index in [4.69, 9.17) is 9.73 Å². The lowest BCUT2D eigenvalue weighted by Crippen LogP contribution is -2.51. The topological polar surface area (TPSA) is 57.2 Å². The van der Waals surface area contributed by atoms with Crippen LogP contribution in [0.1, 0.15) is 11.1 Å². The summed E-state index contributed by atoms with van der Waals surface area (Å²) in [5.41, 5.74) is 2.97. The SMILES string of the molecule is Cc1ccc2c(c1)C(N1CCN(C(=O)Nc3ccc(F)c(F)c3)CC1)=Nc1ccccc1O2. The Bertz CT molecular complexity index is 1250. The van der Waals surface area contributed by atoms with Crippen molar-refractivity contribution in [3.63, 3.8) is 0 Å². The molecule has 3 aromatic rings. The molecular weight excluding hydrogens is 426 g/mol. The molecule has 168 valence electrons. The van der Waals surface area contributed by atoms with Crippen molar-refractivity contribution in [1.29, 1.82) is 0 Å². The van der Waals surface area contributed by atoms with Gasteiger partial charge in [-0.1, -0.05) is 23.8 Å². The van der Waals surface area contributed by atoms with Crippen LogP contribution in [0.3, 0.4) is 0 Å². The predicted molar refractivity (Wildman–Crippen MR) is 122 cm³/mol. The van der Waals surface area contributed by atoms with Crippen LogP contribution in [0.25, 0.3) is 0 Å². The Morgan fingerprint density at radius 3 is 2.52 bits per heavy atom. The first kappa shape index (κ1) is 20.9. The lowest BCUT2D eigenvalue weighted by Gasteiger charge is -2.36. The summed E-state index contributed by atoms with van der Waals surface area (Å²) in [6.07, 6.45) is 0. The lowest BCUT2D eigenvalue weighted by molar-refractivity contribution is 0.181. The van der Waals surface area contributed by atoms with Gasteiger partial charge in [0.25, 0.3) is 0 Å². The number of halogens is 2. The van der Waals surface area contributed by atoms with Crippen LogP contribution in [0.15, 0.2) is 65.7 Å². The molecule has 0 atom stereocenters. The van der Waals surface area contributed by atoms with Crippen molar-refractivity contribution in [3.8, 4) is 11.5 Å². The van der Waals surface area contributed by atoms with Gasteiger partial charge in [-0.15, -0.1) is 0 Å². The molecule has 8 heteroatoms. The summed E-state index contributed by atoms with van der Waals surface area (Å²) in [5, 5.41) is 2.63. The molecule has 0 saturated carbocycles.